The molecule has 1 saturated heterocycles. The first-order valence-electron chi connectivity index (χ1n) is 11.3. The van der Waals surface area contributed by atoms with Crippen LogP contribution >= 0.6 is 0 Å². The van der Waals surface area contributed by atoms with Gasteiger partial charge >= 0.3 is 0 Å². The number of hydrogen-bond donors (Lipinski definition) is 0. The highest BCUT2D eigenvalue weighted by atomic mass is 16.5. The lowest BCUT2D eigenvalue weighted by molar-refractivity contribution is -0.138. The Labute approximate surface area is 169 Å². The Balaban J connectivity index is 1.32. The van der Waals surface area contributed by atoms with Crippen LogP contribution in [0.15, 0.2) is 24.3 Å². The molecule has 3 heteroatoms. The SMILES string of the molecule is COc1ccc(/C=C/C(=O)C23CC4CC(CC(C4)C2)C3)cc1CN1CCCC1. The molecule has 0 unspecified atom stereocenters. The van der Waals surface area contributed by atoms with E-state index in [1.807, 2.05) is 12.2 Å². The maximum Gasteiger partial charge on any atom is 0.161 e. The molecule has 1 aliphatic heterocycles. The molecule has 1 aromatic rings. The van der Waals surface area contributed by atoms with Gasteiger partial charge in [0.1, 0.15) is 5.75 Å². The van der Waals surface area contributed by atoms with Crippen molar-refractivity contribution in [3.05, 3.63) is 35.4 Å². The molecule has 6 rings (SSSR count). The van der Waals surface area contributed by atoms with Crippen molar-refractivity contribution >= 4 is 11.9 Å². The third-order valence-electron chi connectivity index (χ3n) is 7.89. The van der Waals surface area contributed by atoms with Crippen LogP contribution in [0, 0.1) is 23.2 Å². The number of benzene rings is 1. The number of likely N-dealkylation sites (tertiary alicyclic amines) is 1. The van der Waals surface area contributed by atoms with Crippen LogP contribution in [0.4, 0.5) is 0 Å². The minimum atomic E-state index is -0.0316. The Morgan fingerprint density at radius 1 is 1.11 bits per heavy atom. The van der Waals surface area contributed by atoms with Gasteiger partial charge < -0.3 is 4.74 Å². The van der Waals surface area contributed by atoms with Crippen molar-refractivity contribution < 1.29 is 9.53 Å². The molecule has 5 aliphatic rings. The van der Waals surface area contributed by atoms with E-state index in [1.54, 1.807) is 7.11 Å². The lowest BCUT2D eigenvalue weighted by atomic mass is 9.48. The van der Waals surface area contributed by atoms with Crippen molar-refractivity contribution in [3.8, 4) is 5.75 Å². The third kappa shape index (κ3) is 3.43. The highest BCUT2D eigenvalue weighted by molar-refractivity contribution is 5.98. The highest BCUT2D eigenvalue weighted by Crippen LogP contribution is 2.60. The molecule has 4 aliphatic carbocycles. The minimum Gasteiger partial charge on any atom is -0.496 e. The normalized spacial score (nSPS) is 34.4. The van der Waals surface area contributed by atoms with Crippen molar-refractivity contribution in [1.82, 2.24) is 4.90 Å². The van der Waals surface area contributed by atoms with E-state index in [0.29, 0.717) is 5.78 Å². The summed E-state index contributed by atoms with van der Waals surface area (Å²) in [5.41, 5.74) is 2.32. The summed E-state index contributed by atoms with van der Waals surface area (Å²) >= 11 is 0. The molecule has 0 radical (unpaired) electrons. The number of carbonyl (C=O) groups excluding carboxylic acids is 1. The molecule has 0 atom stereocenters. The van der Waals surface area contributed by atoms with Crippen molar-refractivity contribution in [1.29, 1.82) is 0 Å². The molecule has 1 aromatic carbocycles. The van der Waals surface area contributed by atoms with E-state index in [9.17, 15) is 4.79 Å². The average molecular weight is 380 g/mol. The number of rotatable bonds is 6. The molecular weight excluding hydrogens is 346 g/mol. The second-order valence-electron chi connectivity index (χ2n) is 9.95. The first-order valence-corrected chi connectivity index (χ1v) is 11.3. The Morgan fingerprint density at radius 3 is 2.36 bits per heavy atom. The van der Waals surface area contributed by atoms with Gasteiger partial charge in [-0.2, -0.15) is 0 Å². The van der Waals surface area contributed by atoms with E-state index in [-0.39, 0.29) is 5.41 Å². The number of methoxy groups -OCH3 is 1. The van der Waals surface area contributed by atoms with Crippen LogP contribution in [0.5, 0.6) is 5.75 Å². The Morgan fingerprint density at radius 2 is 1.75 bits per heavy atom. The van der Waals surface area contributed by atoms with Crippen LogP contribution < -0.4 is 4.74 Å². The summed E-state index contributed by atoms with van der Waals surface area (Å²) in [7, 11) is 1.74. The summed E-state index contributed by atoms with van der Waals surface area (Å²) in [5, 5.41) is 0. The second kappa shape index (κ2) is 7.33. The summed E-state index contributed by atoms with van der Waals surface area (Å²) in [6.07, 6.45) is 14.1. The van der Waals surface area contributed by atoms with E-state index >= 15 is 0 Å². The quantitative estimate of drug-likeness (QED) is 0.645. The summed E-state index contributed by atoms with van der Waals surface area (Å²) in [6, 6.07) is 6.34. The van der Waals surface area contributed by atoms with Crippen molar-refractivity contribution in [2.24, 2.45) is 23.2 Å². The van der Waals surface area contributed by atoms with E-state index in [4.69, 9.17) is 4.74 Å². The van der Waals surface area contributed by atoms with Gasteiger partial charge in [0, 0.05) is 17.5 Å². The van der Waals surface area contributed by atoms with Crippen LogP contribution in [0.25, 0.3) is 6.08 Å². The van der Waals surface area contributed by atoms with Gasteiger partial charge in [0.15, 0.2) is 5.78 Å². The first-order chi connectivity index (χ1) is 13.6. The average Bonchev–Trinajstić information content (AvgIpc) is 3.18. The summed E-state index contributed by atoms with van der Waals surface area (Å²) in [6.45, 7) is 3.29. The van der Waals surface area contributed by atoms with Gasteiger partial charge in [0.25, 0.3) is 0 Å². The molecular formula is C25H33NO2. The summed E-state index contributed by atoms with van der Waals surface area (Å²) in [4.78, 5) is 15.7. The Hall–Kier alpha value is -1.61. The molecule has 1 heterocycles. The topological polar surface area (TPSA) is 29.5 Å². The smallest absolute Gasteiger partial charge is 0.161 e. The van der Waals surface area contributed by atoms with Gasteiger partial charge in [-0.05, 0) is 106 Å². The van der Waals surface area contributed by atoms with E-state index < -0.39 is 0 Å². The van der Waals surface area contributed by atoms with E-state index in [2.05, 4.69) is 23.1 Å². The van der Waals surface area contributed by atoms with Crippen LogP contribution in [0.1, 0.15) is 62.5 Å². The standard InChI is InChI=1S/C25H33NO2/c1-28-23-6-4-18(13-22(23)17-26-8-2-3-9-26)5-7-24(27)25-14-19-10-20(15-25)12-21(11-19)16-25/h4-7,13,19-21H,2-3,8-12,14-17H2,1H3/b7-5+. The lowest BCUT2D eigenvalue weighted by Gasteiger charge is -2.55. The summed E-state index contributed by atoms with van der Waals surface area (Å²) < 4.78 is 5.58. The molecule has 5 fully saturated rings. The third-order valence-corrected chi connectivity index (χ3v) is 7.89. The zero-order valence-corrected chi connectivity index (χ0v) is 17.2. The number of allylic oxidation sites excluding steroid dienone is 1. The molecule has 150 valence electrons. The number of nitrogens with zero attached hydrogens (tertiary/aromatic N) is 1. The lowest BCUT2D eigenvalue weighted by Crippen LogP contribution is -2.49. The van der Waals surface area contributed by atoms with Crippen molar-refractivity contribution in [2.75, 3.05) is 20.2 Å². The Bertz CT molecular complexity index is 739. The monoisotopic (exact) mass is 379 g/mol. The molecule has 0 amide bonds. The predicted molar refractivity (Wildman–Crippen MR) is 112 cm³/mol. The number of ether oxygens (including phenoxy) is 1. The molecule has 0 spiro atoms. The molecule has 3 nitrogen and oxygen atoms in total. The zero-order chi connectivity index (χ0) is 19.1. The number of ketones is 1. The van der Waals surface area contributed by atoms with Crippen LogP contribution in [0.2, 0.25) is 0 Å². The van der Waals surface area contributed by atoms with Crippen LogP contribution in [0.3, 0.4) is 0 Å². The first kappa shape index (κ1) is 18.4. The fourth-order valence-electron chi connectivity index (χ4n) is 6.97. The van der Waals surface area contributed by atoms with Gasteiger partial charge in [0.2, 0.25) is 0 Å². The zero-order valence-electron chi connectivity index (χ0n) is 17.2. The van der Waals surface area contributed by atoms with Gasteiger partial charge in [-0.25, -0.2) is 0 Å². The van der Waals surface area contributed by atoms with Crippen molar-refractivity contribution in [3.63, 3.8) is 0 Å². The fourth-order valence-corrected chi connectivity index (χ4v) is 6.97. The van der Waals surface area contributed by atoms with E-state index in [1.165, 1.54) is 50.8 Å². The molecule has 0 N–H and O–H groups in total. The maximum absolute atomic E-state index is 13.2. The summed E-state index contributed by atoms with van der Waals surface area (Å²) in [5.74, 6) is 3.80. The maximum atomic E-state index is 13.2. The van der Waals surface area contributed by atoms with Gasteiger partial charge in [0.05, 0.1) is 7.11 Å². The highest BCUT2D eigenvalue weighted by Gasteiger charge is 2.53. The number of carbonyl (C=O) groups is 1. The van der Waals surface area contributed by atoms with Crippen molar-refractivity contribution in [2.45, 2.75) is 57.9 Å². The molecule has 0 aromatic heterocycles. The fraction of sp³-hybridized carbons (Fsp3) is 0.640. The molecule has 4 bridgehead atoms. The van der Waals surface area contributed by atoms with Crippen LogP contribution in [-0.4, -0.2) is 30.9 Å². The van der Waals surface area contributed by atoms with Gasteiger partial charge in [-0.3, -0.25) is 9.69 Å². The van der Waals surface area contributed by atoms with E-state index in [0.717, 1.165) is 54.9 Å². The molecule has 28 heavy (non-hydrogen) atoms. The van der Waals surface area contributed by atoms with Crippen LogP contribution in [-0.2, 0) is 11.3 Å². The Kier molecular flexibility index (Phi) is 4.82. The largest absolute Gasteiger partial charge is 0.496 e. The van der Waals surface area contributed by atoms with Gasteiger partial charge in [-0.1, -0.05) is 12.1 Å². The molecule has 4 saturated carbocycles. The van der Waals surface area contributed by atoms with Gasteiger partial charge in [-0.15, -0.1) is 0 Å². The minimum absolute atomic E-state index is 0.0316. The number of hydrogen-bond acceptors (Lipinski definition) is 3. The second-order valence-corrected chi connectivity index (χ2v) is 9.95. The predicted octanol–water partition coefficient (Wildman–Crippen LogP) is 5.09.